The lowest BCUT2D eigenvalue weighted by Crippen LogP contribution is -2.29. The van der Waals surface area contributed by atoms with Crippen LogP contribution in [0.2, 0.25) is 5.02 Å². The van der Waals surface area contributed by atoms with E-state index in [1.807, 2.05) is 24.5 Å². The van der Waals surface area contributed by atoms with Crippen LogP contribution in [0, 0.1) is 0 Å². The van der Waals surface area contributed by atoms with Crippen LogP contribution < -0.4 is 0 Å². The number of piperidine rings is 1. The number of hydrogen-bond acceptors (Lipinski definition) is 2. The van der Waals surface area contributed by atoms with Gasteiger partial charge in [-0.2, -0.15) is 0 Å². The predicted octanol–water partition coefficient (Wildman–Crippen LogP) is 3.90. The quantitative estimate of drug-likeness (QED) is 0.762. The van der Waals surface area contributed by atoms with E-state index in [4.69, 9.17) is 16.0 Å². The standard InChI is InChI=1S/C14H16ClNO/c1-16-6-4-10(5-7-16)13-9-17-14-3-2-11(15)8-12(13)14/h2-3,8-10H,4-7H2,1H3. The van der Waals surface area contributed by atoms with Gasteiger partial charge in [0.1, 0.15) is 5.58 Å². The van der Waals surface area contributed by atoms with Crippen molar-refractivity contribution in [2.45, 2.75) is 18.8 Å². The molecule has 0 atom stereocenters. The molecule has 0 saturated carbocycles. The molecule has 2 heterocycles. The molecule has 17 heavy (non-hydrogen) atoms. The van der Waals surface area contributed by atoms with Crippen LogP contribution in [0.15, 0.2) is 28.9 Å². The van der Waals surface area contributed by atoms with Crippen LogP contribution in [0.25, 0.3) is 11.0 Å². The Balaban J connectivity index is 1.97. The SMILES string of the molecule is CN1CCC(c2coc3ccc(Cl)cc23)CC1. The van der Waals surface area contributed by atoms with Crippen LogP contribution in [-0.4, -0.2) is 25.0 Å². The minimum Gasteiger partial charge on any atom is -0.464 e. The minimum absolute atomic E-state index is 0.617. The Labute approximate surface area is 106 Å². The van der Waals surface area contributed by atoms with Crippen LogP contribution >= 0.6 is 11.6 Å². The molecule has 90 valence electrons. The van der Waals surface area contributed by atoms with Crippen molar-refractivity contribution in [3.63, 3.8) is 0 Å². The third kappa shape index (κ3) is 2.07. The van der Waals surface area contributed by atoms with Gasteiger partial charge in [-0.15, -0.1) is 0 Å². The molecule has 1 saturated heterocycles. The lowest BCUT2D eigenvalue weighted by molar-refractivity contribution is 0.255. The van der Waals surface area contributed by atoms with Crippen LogP contribution in [0.1, 0.15) is 24.3 Å². The first-order valence-electron chi connectivity index (χ1n) is 6.09. The molecular weight excluding hydrogens is 234 g/mol. The number of rotatable bonds is 1. The highest BCUT2D eigenvalue weighted by Gasteiger charge is 2.21. The molecule has 0 aliphatic carbocycles. The van der Waals surface area contributed by atoms with Gasteiger partial charge in [-0.25, -0.2) is 0 Å². The molecular formula is C14H16ClNO. The summed E-state index contributed by atoms with van der Waals surface area (Å²) in [5.41, 5.74) is 2.28. The summed E-state index contributed by atoms with van der Waals surface area (Å²) in [6.45, 7) is 2.33. The van der Waals surface area contributed by atoms with Crippen LogP contribution in [-0.2, 0) is 0 Å². The zero-order chi connectivity index (χ0) is 11.8. The van der Waals surface area contributed by atoms with Crippen molar-refractivity contribution in [3.8, 4) is 0 Å². The van der Waals surface area contributed by atoms with Crippen molar-refractivity contribution in [1.82, 2.24) is 4.90 Å². The molecule has 1 aliphatic heterocycles. The van der Waals surface area contributed by atoms with E-state index in [9.17, 15) is 0 Å². The Bertz CT molecular complexity index is 526. The number of halogens is 1. The highest BCUT2D eigenvalue weighted by molar-refractivity contribution is 6.31. The maximum absolute atomic E-state index is 6.06. The fourth-order valence-electron chi connectivity index (χ4n) is 2.66. The molecule has 1 aromatic heterocycles. The second-order valence-corrected chi connectivity index (χ2v) is 5.35. The topological polar surface area (TPSA) is 16.4 Å². The molecule has 1 aliphatic rings. The van der Waals surface area contributed by atoms with Crippen molar-refractivity contribution < 1.29 is 4.42 Å². The molecule has 0 amide bonds. The van der Waals surface area contributed by atoms with E-state index in [1.54, 1.807) is 0 Å². The molecule has 0 spiro atoms. The highest BCUT2D eigenvalue weighted by Crippen LogP contribution is 2.35. The number of furan rings is 1. The van der Waals surface area contributed by atoms with Gasteiger partial charge < -0.3 is 9.32 Å². The normalized spacial score (nSPS) is 18.9. The summed E-state index contributed by atoms with van der Waals surface area (Å²) in [6.07, 6.45) is 4.33. The third-order valence-electron chi connectivity index (χ3n) is 3.72. The number of fused-ring (bicyclic) bond motifs is 1. The van der Waals surface area contributed by atoms with E-state index < -0.39 is 0 Å². The van der Waals surface area contributed by atoms with Gasteiger partial charge in [0.15, 0.2) is 0 Å². The first kappa shape index (κ1) is 11.1. The number of benzene rings is 1. The van der Waals surface area contributed by atoms with Crippen molar-refractivity contribution in [1.29, 1.82) is 0 Å². The number of hydrogen-bond donors (Lipinski definition) is 0. The molecule has 1 fully saturated rings. The summed E-state index contributed by atoms with van der Waals surface area (Å²) in [5, 5.41) is 1.97. The number of nitrogens with zero attached hydrogens (tertiary/aromatic N) is 1. The third-order valence-corrected chi connectivity index (χ3v) is 3.96. The molecule has 2 nitrogen and oxygen atoms in total. The summed E-state index contributed by atoms with van der Waals surface area (Å²) in [6, 6.07) is 5.86. The molecule has 0 N–H and O–H groups in total. The summed E-state index contributed by atoms with van der Waals surface area (Å²) in [4.78, 5) is 2.38. The lowest BCUT2D eigenvalue weighted by Gasteiger charge is -2.28. The van der Waals surface area contributed by atoms with E-state index in [1.165, 1.54) is 23.8 Å². The Morgan fingerprint density at radius 1 is 1.29 bits per heavy atom. The van der Waals surface area contributed by atoms with Gasteiger partial charge in [0.25, 0.3) is 0 Å². The zero-order valence-electron chi connectivity index (χ0n) is 9.95. The van der Waals surface area contributed by atoms with Crippen molar-refractivity contribution >= 4 is 22.6 Å². The summed E-state index contributed by atoms with van der Waals surface area (Å²) >= 11 is 6.06. The summed E-state index contributed by atoms with van der Waals surface area (Å²) in [5.74, 6) is 0.617. The van der Waals surface area contributed by atoms with Crippen LogP contribution in [0.4, 0.5) is 0 Å². The lowest BCUT2D eigenvalue weighted by atomic mass is 9.89. The predicted molar refractivity (Wildman–Crippen MR) is 70.7 cm³/mol. The second-order valence-electron chi connectivity index (χ2n) is 4.91. The van der Waals surface area contributed by atoms with Crippen LogP contribution in [0.5, 0.6) is 0 Å². The summed E-state index contributed by atoms with van der Waals surface area (Å²) < 4.78 is 5.61. The van der Waals surface area contributed by atoms with Crippen molar-refractivity contribution in [2.75, 3.05) is 20.1 Å². The van der Waals surface area contributed by atoms with Gasteiger partial charge in [0, 0.05) is 16.0 Å². The molecule has 3 rings (SSSR count). The second kappa shape index (κ2) is 4.35. The van der Waals surface area contributed by atoms with E-state index in [2.05, 4.69) is 11.9 Å². The van der Waals surface area contributed by atoms with E-state index in [0.29, 0.717) is 5.92 Å². The molecule has 0 radical (unpaired) electrons. The van der Waals surface area contributed by atoms with E-state index in [-0.39, 0.29) is 0 Å². The van der Waals surface area contributed by atoms with Crippen molar-refractivity contribution in [2.24, 2.45) is 0 Å². The fourth-order valence-corrected chi connectivity index (χ4v) is 2.83. The van der Waals surface area contributed by atoms with Gasteiger partial charge in [-0.1, -0.05) is 11.6 Å². The van der Waals surface area contributed by atoms with E-state index in [0.717, 1.165) is 23.7 Å². The average Bonchev–Trinajstić information content (AvgIpc) is 2.73. The smallest absolute Gasteiger partial charge is 0.134 e. The molecule has 1 aromatic carbocycles. The van der Waals surface area contributed by atoms with Gasteiger partial charge in [0.2, 0.25) is 0 Å². The molecule has 0 unspecified atom stereocenters. The number of likely N-dealkylation sites (tertiary alicyclic amines) is 1. The van der Waals surface area contributed by atoms with E-state index >= 15 is 0 Å². The molecule has 3 heteroatoms. The van der Waals surface area contributed by atoms with Gasteiger partial charge in [-0.05, 0) is 57.1 Å². The van der Waals surface area contributed by atoms with Gasteiger partial charge in [-0.3, -0.25) is 0 Å². The zero-order valence-corrected chi connectivity index (χ0v) is 10.7. The maximum atomic E-state index is 6.06. The fraction of sp³-hybridized carbons (Fsp3) is 0.429. The molecule has 0 bridgehead atoms. The van der Waals surface area contributed by atoms with Gasteiger partial charge in [0.05, 0.1) is 6.26 Å². The van der Waals surface area contributed by atoms with Gasteiger partial charge >= 0.3 is 0 Å². The highest BCUT2D eigenvalue weighted by atomic mass is 35.5. The Hall–Kier alpha value is -0.990. The minimum atomic E-state index is 0.617. The monoisotopic (exact) mass is 249 g/mol. The van der Waals surface area contributed by atoms with Crippen molar-refractivity contribution in [3.05, 3.63) is 35.0 Å². The maximum Gasteiger partial charge on any atom is 0.134 e. The Morgan fingerprint density at radius 3 is 2.82 bits per heavy atom. The Morgan fingerprint density at radius 2 is 2.06 bits per heavy atom. The largest absolute Gasteiger partial charge is 0.464 e. The molecule has 2 aromatic rings. The first-order chi connectivity index (χ1) is 8.24. The summed E-state index contributed by atoms with van der Waals surface area (Å²) in [7, 11) is 2.18. The average molecular weight is 250 g/mol. The first-order valence-corrected chi connectivity index (χ1v) is 6.47. The Kier molecular flexibility index (Phi) is 2.85. The van der Waals surface area contributed by atoms with Crippen LogP contribution in [0.3, 0.4) is 0 Å².